The van der Waals surface area contributed by atoms with E-state index in [4.69, 9.17) is 11.6 Å². The molecule has 0 fully saturated rings. The van der Waals surface area contributed by atoms with Crippen LogP contribution in [0.4, 0.5) is 0 Å². The van der Waals surface area contributed by atoms with Gasteiger partial charge in [-0.2, -0.15) is 0 Å². The van der Waals surface area contributed by atoms with E-state index in [2.05, 4.69) is 13.8 Å². The molecule has 0 radical (unpaired) electrons. The first kappa shape index (κ1) is 20.1. The van der Waals surface area contributed by atoms with E-state index in [1.165, 1.54) is 32.1 Å². The van der Waals surface area contributed by atoms with E-state index in [0.29, 0.717) is 0 Å². The molecule has 0 aliphatic carbocycles. The molecule has 0 aromatic carbocycles. The Hall–Kier alpha value is 0.726. The molecule has 0 heterocycles. The Morgan fingerprint density at radius 2 is 1.41 bits per heavy atom. The molecular weight excluding hydrogens is 244 g/mol. The van der Waals surface area contributed by atoms with Crippen molar-refractivity contribution < 1.29 is 7.65 Å². The third-order valence-electron chi connectivity index (χ3n) is 3.10. The maximum Gasteiger partial charge on any atom is 2.00 e. The van der Waals surface area contributed by atoms with Gasteiger partial charge in [-0.1, -0.05) is 65.2 Å². The fourth-order valence-corrected chi connectivity index (χ4v) is 2.18. The van der Waals surface area contributed by atoms with Gasteiger partial charge in [0.05, 0.1) is 4.87 Å². The molecule has 3 heteroatoms. The zero-order chi connectivity index (χ0) is 12.3. The Morgan fingerprint density at radius 1 is 0.941 bits per heavy atom. The van der Waals surface area contributed by atoms with Crippen LogP contribution in [0.15, 0.2) is 0 Å². The fourth-order valence-electron chi connectivity index (χ4n) is 1.91. The van der Waals surface area contributed by atoms with E-state index in [9.17, 15) is 4.79 Å². The SMILES string of the molecule is CCCCCCCCC(Cl)(C=O)CCCC.[H-].[H-].[Mg+2]. The van der Waals surface area contributed by atoms with Crippen LogP contribution < -0.4 is 0 Å². The van der Waals surface area contributed by atoms with Crippen LogP contribution >= 0.6 is 11.6 Å². The van der Waals surface area contributed by atoms with Gasteiger partial charge in [0.15, 0.2) is 0 Å². The van der Waals surface area contributed by atoms with Crippen molar-refractivity contribution in [1.29, 1.82) is 0 Å². The van der Waals surface area contributed by atoms with Gasteiger partial charge in [0, 0.05) is 0 Å². The Kier molecular flexibility index (Phi) is 15.5. The second-order valence-corrected chi connectivity index (χ2v) is 5.53. The predicted molar refractivity (Wildman–Crippen MR) is 80.1 cm³/mol. The van der Waals surface area contributed by atoms with Crippen LogP contribution in [0.5, 0.6) is 0 Å². The molecule has 0 spiro atoms. The third-order valence-corrected chi connectivity index (χ3v) is 3.57. The predicted octanol–water partition coefficient (Wildman–Crippen LogP) is 4.95. The number of rotatable bonds is 11. The second-order valence-electron chi connectivity index (χ2n) is 4.77. The molecule has 0 N–H and O–H groups in total. The number of alkyl halides is 1. The maximum absolute atomic E-state index is 11.0. The quantitative estimate of drug-likeness (QED) is 0.225. The Balaban J connectivity index is -0.000000375. The molecule has 0 aromatic rings. The van der Waals surface area contributed by atoms with Crippen LogP contribution in [-0.4, -0.2) is 34.2 Å². The Morgan fingerprint density at radius 3 is 1.94 bits per heavy atom. The zero-order valence-corrected chi connectivity index (χ0v) is 13.8. The molecule has 0 saturated heterocycles. The maximum atomic E-state index is 11.0. The molecule has 0 rings (SSSR count). The van der Waals surface area contributed by atoms with Gasteiger partial charge >= 0.3 is 23.1 Å². The monoisotopic (exact) mass is 272 g/mol. The summed E-state index contributed by atoms with van der Waals surface area (Å²) in [5.74, 6) is 0. The number of aldehydes is 1. The van der Waals surface area contributed by atoms with Crippen LogP contribution in [0, 0.1) is 0 Å². The van der Waals surface area contributed by atoms with Crippen LogP contribution in [0.3, 0.4) is 0 Å². The molecule has 0 amide bonds. The number of carbonyl (C=O) groups excluding carboxylic acids is 1. The first-order valence-electron chi connectivity index (χ1n) is 6.83. The van der Waals surface area contributed by atoms with E-state index in [-0.39, 0.29) is 25.9 Å². The summed E-state index contributed by atoms with van der Waals surface area (Å²) in [6.45, 7) is 4.35. The number of hydrogen-bond donors (Lipinski definition) is 0. The van der Waals surface area contributed by atoms with Crippen molar-refractivity contribution in [2.24, 2.45) is 0 Å². The number of hydrogen-bond acceptors (Lipinski definition) is 1. The van der Waals surface area contributed by atoms with Gasteiger partial charge in [-0.15, -0.1) is 11.6 Å². The summed E-state index contributed by atoms with van der Waals surface area (Å²) in [7, 11) is 0. The number of unbranched alkanes of at least 4 members (excludes halogenated alkanes) is 6. The molecule has 0 aromatic heterocycles. The van der Waals surface area contributed by atoms with E-state index < -0.39 is 4.87 Å². The van der Waals surface area contributed by atoms with Gasteiger partial charge in [0.1, 0.15) is 6.29 Å². The first-order valence-corrected chi connectivity index (χ1v) is 7.21. The summed E-state index contributed by atoms with van der Waals surface area (Å²) in [5.41, 5.74) is 0. The molecule has 0 aliphatic rings. The average molecular weight is 273 g/mol. The van der Waals surface area contributed by atoms with Crippen molar-refractivity contribution >= 4 is 40.9 Å². The summed E-state index contributed by atoms with van der Waals surface area (Å²) in [4.78, 5) is 10.4. The topological polar surface area (TPSA) is 17.1 Å². The summed E-state index contributed by atoms with van der Waals surface area (Å²) in [6.07, 6.45) is 12.3. The first-order chi connectivity index (χ1) is 7.68. The van der Waals surface area contributed by atoms with Gasteiger partial charge < -0.3 is 7.65 Å². The molecule has 1 nitrogen and oxygen atoms in total. The zero-order valence-electron chi connectivity index (χ0n) is 13.6. The standard InChI is InChI=1S/C14H27ClO.Mg.2H/c1-3-5-7-8-9-10-12-14(15,13-16)11-6-4-2;;;/h13H,3-12H2,1-2H3;;;/q;+2;2*-1. The van der Waals surface area contributed by atoms with E-state index in [1.54, 1.807) is 0 Å². The van der Waals surface area contributed by atoms with Gasteiger partial charge in [-0.25, -0.2) is 0 Å². The van der Waals surface area contributed by atoms with E-state index in [0.717, 1.165) is 38.4 Å². The molecule has 17 heavy (non-hydrogen) atoms. The van der Waals surface area contributed by atoms with Gasteiger partial charge in [0.2, 0.25) is 0 Å². The molecule has 0 saturated carbocycles. The minimum atomic E-state index is -0.569. The normalized spacial score (nSPS) is 13.8. The minimum absolute atomic E-state index is 0. The molecule has 0 bridgehead atoms. The van der Waals surface area contributed by atoms with Crippen LogP contribution in [0.25, 0.3) is 0 Å². The van der Waals surface area contributed by atoms with Crippen LogP contribution in [-0.2, 0) is 4.79 Å². The fraction of sp³-hybridized carbons (Fsp3) is 0.929. The summed E-state index contributed by atoms with van der Waals surface area (Å²) >= 11 is 6.27. The van der Waals surface area contributed by atoms with Crippen molar-refractivity contribution in [3.8, 4) is 0 Å². The minimum Gasteiger partial charge on any atom is -1.00 e. The van der Waals surface area contributed by atoms with Crippen molar-refractivity contribution in [3.05, 3.63) is 0 Å². The largest absolute Gasteiger partial charge is 2.00 e. The summed E-state index contributed by atoms with van der Waals surface area (Å²) in [6, 6.07) is 0. The third kappa shape index (κ3) is 11.5. The molecule has 1 atom stereocenters. The molecule has 1 unspecified atom stereocenters. The molecule has 0 aliphatic heterocycles. The second kappa shape index (κ2) is 13.2. The summed E-state index contributed by atoms with van der Waals surface area (Å²) < 4.78 is 0. The summed E-state index contributed by atoms with van der Waals surface area (Å²) in [5, 5.41) is 0. The van der Waals surface area contributed by atoms with E-state index in [1.807, 2.05) is 0 Å². The molecular formula is C14H29ClMgO. The van der Waals surface area contributed by atoms with Crippen molar-refractivity contribution in [2.75, 3.05) is 0 Å². The van der Waals surface area contributed by atoms with Crippen molar-refractivity contribution in [2.45, 2.75) is 82.9 Å². The molecule has 100 valence electrons. The van der Waals surface area contributed by atoms with Gasteiger partial charge in [-0.3, -0.25) is 0 Å². The van der Waals surface area contributed by atoms with Crippen LogP contribution in [0.2, 0.25) is 0 Å². The number of halogens is 1. The number of carbonyl (C=O) groups is 1. The Labute approximate surface area is 131 Å². The van der Waals surface area contributed by atoms with Crippen LogP contribution in [0.1, 0.15) is 80.9 Å². The average Bonchev–Trinajstić information content (AvgIpc) is 2.31. The van der Waals surface area contributed by atoms with Gasteiger partial charge in [-0.05, 0) is 12.8 Å². The van der Waals surface area contributed by atoms with Gasteiger partial charge in [0.25, 0.3) is 0 Å². The van der Waals surface area contributed by atoms with E-state index >= 15 is 0 Å². The van der Waals surface area contributed by atoms with Crippen molar-refractivity contribution in [3.63, 3.8) is 0 Å². The Bertz CT molecular complexity index is 185. The smallest absolute Gasteiger partial charge is 1.00 e. The van der Waals surface area contributed by atoms with Crippen molar-refractivity contribution in [1.82, 2.24) is 0 Å².